The number of halogens is 4. The molecule has 3 saturated heterocycles. The summed E-state index contributed by atoms with van der Waals surface area (Å²) >= 11 is 0. The van der Waals surface area contributed by atoms with Crippen molar-refractivity contribution in [3.8, 4) is 0 Å². The first kappa shape index (κ1) is 26.5. The van der Waals surface area contributed by atoms with E-state index >= 15 is 0 Å². The molecule has 0 N–H and O–H groups in total. The third kappa shape index (κ3) is 5.71. The maximum Gasteiger partial charge on any atom is 0.416 e. The lowest BCUT2D eigenvalue weighted by Crippen LogP contribution is -2.70. The predicted octanol–water partition coefficient (Wildman–Crippen LogP) is 4.41. The largest absolute Gasteiger partial charge is 0.444 e. The zero-order valence-corrected chi connectivity index (χ0v) is 21.2. The lowest BCUT2D eigenvalue weighted by Gasteiger charge is -2.56. The summed E-state index contributed by atoms with van der Waals surface area (Å²) in [5, 5.41) is 0. The smallest absolute Gasteiger partial charge is 0.416 e. The van der Waals surface area contributed by atoms with Crippen LogP contribution >= 0.6 is 0 Å². The standard InChI is InChI=1S/C25H34F4N4O3/c1-23(2,3)36-22(35)31-9-5-8-24(14-31)15-33(16-24)21(34)32-12-19(13-32)30(4)11-17-6-7-18(10-20(17)26)25(27,28)29/h6-7,10,19H,5,8-9,11-16H2,1-4H3. The van der Waals surface area contributed by atoms with Gasteiger partial charge in [-0.05, 0) is 52.8 Å². The van der Waals surface area contributed by atoms with Gasteiger partial charge in [0.15, 0.2) is 0 Å². The van der Waals surface area contributed by atoms with Crippen LogP contribution in [0.15, 0.2) is 18.2 Å². The number of nitrogens with zero attached hydrogens (tertiary/aromatic N) is 4. The fourth-order valence-corrected chi connectivity index (χ4v) is 5.19. The first-order valence-corrected chi connectivity index (χ1v) is 12.2. The molecule has 1 aromatic rings. The van der Waals surface area contributed by atoms with Crippen molar-refractivity contribution in [2.75, 3.05) is 46.3 Å². The molecular formula is C25H34F4N4O3. The minimum absolute atomic E-state index is 0.00298. The molecule has 3 aliphatic heterocycles. The Morgan fingerprint density at radius 3 is 2.31 bits per heavy atom. The average molecular weight is 515 g/mol. The molecule has 36 heavy (non-hydrogen) atoms. The van der Waals surface area contributed by atoms with E-state index in [1.54, 1.807) is 21.7 Å². The molecule has 1 aromatic carbocycles. The summed E-state index contributed by atoms with van der Waals surface area (Å²) in [4.78, 5) is 32.5. The molecule has 0 aliphatic carbocycles. The molecule has 0 radical (unpaired) electrons. The number of likely N-dealkylation sites (tertiary alicyclic amines) is 3. The molecule has 0 atom stereocenters. The Bertz CT molecular complexity index is 998. The Morgan fingerprint density at radius 1 is 1.08 bits per heavy atom. The van der Waals surface area contributed by atoms with E-state index in [2.05, 4.69) is 0 Å². The van der Waals surface area contributed by atoms with Gasteiger partial charge in [0.2, 0.25) is 0 Å². The number of piperidine rings is 1. The molecule has 0 bridgehead atoms. The van der Waals surface area contributed by atoms with E-state index in [1.165, 1.54) is 6.07 Å². The maximum atomic E-state index is 14.2. The van der Waals surface area contributed by atoms with Crippen LogP contribution < -0.4 is 0 Å². The van der Waals surface area contributed by atoms with Gasteiger partial charge in [0.25, 0.3) is 0 Å². The molecule has 0 unspecified atom stereocenters. The number of benzene rings is 1. The van der Waals surface area contributed by atoms with E-state index in [1.807, 2.05) is 25.7 Å². The number of urea groups is 1. The van der Waals surface area contributed by atoms with Gasteiger partial charge >= 0.3 is 18.3 Å². The van der Waals surface area contributed by atoms with Crippen LogP contribution in [0.1, 0.15) is 44.7 Å². The first-order chi connectivity index (χ1) is 16.7. The molecular weight excluding hydrogens is 480 g/mol. The fraction of sp³-hybridized carbons (Fsp3) is 0.680. The van der Waals surface area contributed by atoms with Crippen LogP contribution in [0.3, 0.4) is 0 Å². The van der Waals surface area contributed by atoms with Crippen molar-refractivity contribution in [3.05, 3.63) is 35.1 Å². The molecule has 3 fully saturated rings. The molecule has 200 valence electrons. The van der Waals surface area contributed by atoms with Crippen molar-refractivity contribution in [3.63, 3.8) is 0 Å². The molecule has 1 spiro atoms. The summed E-state index contributed by atoms with van der Waals surface area (Å²) in [7, 11) is 1.77. The Hall–Kier alpha value is -2.56. The summed E-state index contributed by atoms with van der Waals surface area (Å²) < 4.78 is 58.0. The third-order valence-electron chi connectivity index (χ3n) is 7.19. The van der Waals surface area contributed by atoms with Crippen molar-refractivity contribution in [1.29, 1.82) is 0 Å². The monoisotopic (exact) mass is 514 g/mol. The van der Waals surface area contributed by atoms with Crippen LogP contribution in [0, 0.1) is 11.2 Å². The topological polar surface area (TPSA) is 56.3 Å². The second kappa shape index (κ2) is 9.39. The normalized spacial score (nSPS) is 20.4. The summed E-state index contributed by atoms with van der Waals surface area (Å²) in [5.74, 6) is -0.886. The van der Waals surface area contributed by atoms with Crippen LogP contribution in [0.4, 0.5) is 27.2 Å². The first-order valence-electron chi connectivity index (χ1n) is 12.2. The number of amides is 3. The molecule has 3 amide bonds. The summed E-state index contributed by atoms with van der Waals surface area (Å²) in [6.45, 7) is 9.06. The van der Waals surface area contributed by atoms with E-state index in [9.17, 15) is 27.2 Å². The van der Waals surface area contributed by atoms with E-state index in [0.29, 0.717) is 45.3 Å². The number of ether oxygens (including phenoxy) is 1. The summed E-state index contributed by atoms with van der Waals surface area (Å²) in [6.07, 6.45) is -3.07. The van der Waals surface area contributed by atoms with E-state index in [0.717, 1.165) is 18.9 Å². The Kier molecular flexibility index (Phi) is 6.91. The van der Waals surface area contributed by atoms with Crippen LogP contribution in [0.25, 0.3) is 0 Å². The minimum atomic E-state index is -4.58. The van der Waals surface area contributed by atoms with E-state index in [4.69, 9.17) is 4.74 Å². The van der Waals surface area contributed by atoms with E-state index in [-0.39, 0.29) is 35.7 Å². The maximum absolute atomic E-state index is 14.2. The summed E-state index contributed by atoms with van der Waals surface area (Å²) in [5.41, 5.74) is -1.47. The van der Waals surface area contributed by atoms with Crippen LogP contribution in [-0.2, 0) is 17.5 Å². The Balaban J connectivity index is 1.23. The zero-order valence-electron chi connectivity index (χ0n) is 21.2. The highest BCUT2D eigenvalue weighted by atomic mass is 19.4. The fourth-order valence-electron chi connectivity index (χ4n) is 5.19. The molecule has 11 heteroatoms. The van der Waals surface area contributed by atoms with Gasteiger partial charge in [0.1, 0.15) is 11.4 Å². The number of alkyl halides is 3. The third-order valence-corrected chi connectivity index (χ3v) is 7.19. The van der Waals surface area contributed by atoms with Gasteiger partial charge in [-0.15, -0.1) is 0 Å². The molecule has 0 saturated carbocycles. The van der Waals surface area contributed by atoms with Gasteiger partial charge in [-0.25, -0.2) is 14.0 Å². The van der Waals surface area contributed by atoms with E-state index < -0.39 is 23.2 Å². The highest BCUT2D eigenvalue weighted by Crippen LogP contribution is 2.40. The number of hydrogen-bond acceptors (Lipinski definition) is 4. The Morgan fingerprint density at radius 2 is 1.72 bits per heavy atom. The van der Waals surface area contributed by atoms with Gasteiger partial charge in [-0.3, -0.25) is 4.90 Å². The van der Waals surface area contributed by atoms with Crippen molar-refractivity contribution in [2.24, 2.45) is 5.41 Å². The van der Waals surface area contributed by atoms with Crippen LogP contribution in [0.5, 0.6) is 0 Å². The highest BCUT2D eigenvalue weighted by molar-refractivity contribution is 5.77. The van der Waals surface area contributed by atoms with Crippen molar-refractivity contribution >= 4 is 12.1 Å². The number of rotatable bonds is 3. The second-order valence-electron chi connectivity index (χ2n) is 11.4. The molecule has 7 nitrogen and oxygen atoms in total. The molecule has 0 aromatic heterocycles. The van der Waals surface area contributed by atoms with Gasteiger partial charge in [-0.2, -0.15) is 13.2 Å². The highest BCUT2D eigenvalue weighted by Gasteiger charge is 2.50. The predicted molar refractivity (Wildman–Crippen MR) is 125 cm³/mol. The number of carbonyl (C=O) groups is 2. The van der Waals surface area contributed by atoms with Gasteiger partial charge in [0, 0.05) is 62.8 Å². The minimum Gasteiger partial charge on any atom is -0.444 e. The van der Waals surface area contributed by atoms with Crippen LogP contribution in [0.2, 0.25) is 0 Å². The van der Waals surface area contributed by atoms with Gasteiger partial charge in [-0.1, -0.05) is 6.07 Å². The number of likely N-dealkylation sites (N-methyl/N-ethyl adjacent to an activating group) is 1. The summed E-state index contributed by atoms with van der Waals surface area (Å²) in [6, 6.07) is 2.52. The lowest BCUT2D eigenvalue weighted by molar-refractivity contribution is -0.137. The lowest BCUT2D eigenvalue weighted by atomic mass is 9.73. The Labute approximate surface area is 208 Å². The zero-order chi connectivity index (χ0) is 26.5. The average Bonchev–Trinajstić information content (AvgIpc) is 2.70. The van der Waals surface area contributed by atoms with Crippen molar-refractivity contribution < 1.29 is 31.9 Å². The SMILES string of the molecule is CN(Cc1ccc(C(F)(F)F)cc1F)C1CN(C(=O)N2CC3(CCCN(C(=O)OC(C)(C)C)C3)C2)C1. The van der Waals surface area contributed by atoms with Crippen molar-refractivity contribution in [2.45, 2.75) is 58.0 Å². The van der Waals surface area contributed by atoms with Crippen LogP contribution in [-0.4, -0.2) is 89.7 Å². The second-order valence-corrected chi connectivity index (χ2v) is 11.4. The molecule has 4 rings (SSSR count). The molecule has 3 aliphatic rings. The van der Waals surface area contributed by atoms with Gasteiger partial charge in [0.05, 0.1) is 5.56 Å². The van der Waals surface area contributed by atoms with Crippen molar-refractivity contribution in [1.82, 2.24) is 19.6 Å². The quantitative estimate of drug-likeness (QED) is 0.561. The molecule has 3 heterocycles. The number of hydrogen-bond donors (Lipinski definition) is 0. The van der Waals surface area contributed by atoms with Gasteiger partial charge < -0.3 is 19.4 Å². The number of carbonyl (C=O) groups excluding carboxylic acids is 2.